The van der Waals surface area contributed by atoms with Gasteiger partial charge in [-0.3, -0.25) is 14.4 Å². The lowest BCUT2D eigenvalue weighted by atomic mass is 9.84. The minimum atomic E-state index is -0.916. The van der Waals surface area contributed by atoms with Crippen molar-refractivity contribution in [2.75, 3.05) is 6.54 Å². The molecule has 0 saturated heterocycles. The Morgan fingerprint density at radius 2 is 1.31 bits per heavy atom. The van der Waals surface area contributed by atoms with Crippen molar-refractivity contribution in [1.82, 2.24) is 15.3 Å². The van der Waals surface area contributed by atoms with E-state index in [4.69, 9.17) is 0 Å². The summed E-state index contributed by atoms with van der Waals surface area (Å²) in [5.74, 6) is -3.80. The van der Waals surface area contributed by atoms with Crippen LogP contribution < -0.4 is 5.32 Å². The van der Waals surface area contributed by atoms with Crippen molar-refractivity contribution in [2.45, 2.75) is 46.0 Å². The van der Waals surface area contributed by atoms with E-state index in [0.717, 1.165) is 31.2 Å². The molecule has 5 N–H and O–H groups in total. The number of Topliss-reactive ketones (excluding diaryl/α,β-unsaturated/α-hetero) is 2. The highest BCUT2D eigenvalue weighted by atomic mass is 16.3. The van der Waals surface area contributed by atoms with E-state index in [1.54, 1.807) is 24.3 Å². The molecular weight excluding hydrogens is 494 g/mol. The summed E-state index contributed by atoms with van der Waals surface area (Å²) in [6.07, 6.45) is 3.99. The van der Waals surface area contributed by atoms with Crippen LogP contribution in [0.2, 0.25) is 0 Å². The van der Waals surface area contributed by atoms with Gasteiger partial charge in [-0.2, -0.15) is 0 Å². The van der Waals surface area contributed by atoms with Crippen molar-refractivity contribution in [3.8, 4) is 0 Å². The van der Waals surface area contributed by atoms with Crippen molar-refractivity contribution < 1.29 is 24.6 Å². The van der Waals surface area contributed by atoms with Crippen molar-refractivity contribution in [3.63, 3.8) is 0 Å². The lowest BCUT2D eigenvalue weighted by molar-refractivity contribution is -0.116. The van der Waals surface area contributed by atoms with Gasteiger partial charge in [-0.1, -0.05) is 63.1 Å². The Hall–Kier alpha value is -4.59. The number of hydrogen-bond acceptors (Lipinski definition) is 5. The Bertz CT molecular complexity index is 1680. The number of carbonyl (C=O) groups is 3. The third-order valence-electron chi connectivity index (χ3n) is 7.17. The molecule has 200 valence electrons. The highest BCUT2D eigenvalue weighted by molar-refractivity contribution is 6.48. The fourth-order valence-electron chi connectivity index (χ4n) is 5.21. The van der Waals surface area contributed by atoms with Crippen LogP contribution in [0.1, 0.15) is 66.8 Å². The maximum absolute atomic E-state index is 13.8. The molecule has 0 atom stereocenters. The average Bonchev–Trinajstić information content (AvgIpc) is 3.50. The second kappa shape index (κ2) is 10.6. The van der Waals surface area contributed by atoms with Crippen LogP contribution in [-0.2, 0) is 16.0 Å². The minimum Gasteiger partial charge on any atom is -0.504 e. The number of aryl methyl sites for hydroxylation is 1. The molecule has 1 aliphatic carbocycles. The zero-order valence-electron chi connectivity index (χ0n) is 22.0. The topological polar surface area (TPSA) is 135 Å². The molecule has 0 radical (unpaired) electrons. The van der Waals surface area contributed by atoms with Gasteiger partial charge in [-0.05, 0) is 31.4 Å². The average molecular weight is 526 g/mol. The molecule has 0 saturated carbocycles. The van der Waals surface area contributed by atoms with E-state index in [2.05, 4.69) is 15.3 Å². The van der Waals surface area contributed by atoms with Gasteiger partial charge in [0, 0.05) is 45.2 Å². The molecule has 39 heavy (non-hydrogen) atoms. The van der Waals surface area contributed by atoms with E-state index in [1.165, 1.54) is 0 Å². The van der Waals surface area contributed by atoms with Gasteiger partial charge in [0.2, 0.25) is 11.6 Å². The molecule has 1 amide bonds. The van der Waals surface area contributed by atoms with Gasteiger partial charge in [0.25, 0.3) is 5.91 Å². The molecule has 2 aromatic carbocycles. The number of hydrogen-bond donors (Lipinski definition) is 5. The van der Waals surface area contributed by atoms with Gasteiger partial charge >= 0.3 is 0 Å². The number of aromatic nitrogens is 2. The number of amides is 1. The number of H-pyrrole nitrogens is 2. The Morgan fingerprint density at radius 3 is 1.92 bits per heavy atom. The monoisotopic (exact) mass is 525 g/mol. The molecule has 0 spiro atoms. The Balaban J connectivity index is 1.68. The third kappa shape index (κ3) is 4.41. The first-order chi connectivity index (χ1) is 18.9. The summed E-state index contributed by atoms with van der Waals surface area (Å²) in [6.45, 7) is 4.48. The van der Waals surface area contributed by atoms with E-state index >= 15 is 0 Å². The number of aliphatic hydroxyl groups excluding tert-OH is 2. The van der Waals surface area contributed by atoms with Gasteiger partial charge in [-0.25, -0.2) is 0 Å². The summed E-state index contributed by atoms with van der Waals surface area (Å²) < 4.78 is 0. The van der Waals surface area contributed by atoms with Crippen LogP contribution in [0.25, 0.3) is 33.0 Å². The number of aliphatic hydroxyl groups is 2. The van der Waals surface area contributed by atoms with Crippen LogP contribution >= 0.6 is 0 Å². The molecule has 1 aliphatic rings. The Labute approximate surface area is 225 Å². The number of fused-ring (bicyclic) bond motifs is 2. The standard InChI is InChI=1S/C31H31N3O5/c1-3-5-13-21-22(17-11-7-9-14-19(17)33-21)24-27(35)29(37)25(30(38)28(24)36)23-18-12-8-10-15-20(18)34-26(23)31(39)32-16-6-4-2/h7-12,14-15,33-35,38H,3-6,13,16H2,1-2H3,(H,32,39). The molecule has 4 aromatic rings. The number of unbranched alkanes of at least 4 members (excludes halogenated alkanes) is 2. The predicted molar refractivity (Wildman–Crippen MR) is 152 cm³/mol. The number of ketones is 2. The SMILES string of the molecule is CCCCNC(=O)c1[nH]c2ccccc2c1C1=C(O)C(=O)C(c2c(CCCC)[nH]c3ccccc23)=C(O)C1=O. The maximum atomic E-state index is 13.8. The van der Waals surface area contributed by atoms with E-state index < -0.39 is 34.6 Å². The number of allylic oxidation sites excluding steroid dienone is 2. The quantitative estimate of drug-likeness (QED) is 0.137. The highest BCUT2D eigenvalue weighted by Crippen LogP contribution is 2.41. The van der Waals surface area contributed by atoms with Crippen LogP contribution in [0.3, 0.4) is 0 Å². The largest absolute Gasteiger partial charge is 0.504 e. The highest BCUT2D eigenvalue weighted by Gasteiger charge is 2.40. The summed E-state index contributed by atoms with van der Waals surface area (Å²) >= 11 is 0. The number of carbonyl (C=O) groups excluding carboxylic acids is 3. The van der Waals surface area contributed by atoms with Crippen LogP contribution in [-0.4, -0.2) is 44.2 Å². The van der Waals surface area contributed by atoms with Crippen LogP contribution in [0, 0.1) is 0 Å². The molecule has 5 rings (SSSR count). The van der Waals surface area contributed by atoms with Crippen molar-refractivity contribution >= 4 is 50.4 Å². The predicted octanol–water partition coefficient (Wildman–Crippen LogP) is 5.91. The summed E-state index contributed by atoms with van der Waals surface area (Å²) in [6, 6.07) is 14.3. The fraction of sp³-hybridized carbons (Fsp3) is 0.258. The third-order valence-corrected chi connectivity index (χ3v) is 7.17. The van der Waals surface area contributed by atoms with Crippen molar-refractivity contribution in [1.29, 1.82) is 0 Å². The number of nitrogens with one attached hydrogen (secondary N) is 3. The van der Waals surface area contributed by atoms with E-state index in [9.17, 15) is 24.6 Å². The fourth-order valence-corrected chi connectivity index (χ4v) is 5.21. The van der Waals surface area contributed by atoms with E-state index in [1.807, 2.05) is 38.1 Å². The lowest BCUT2D eigenvalue weighted by Gasteiger charge is -2.19. The number of benzene rings is 2. The molecule has 0 fully saturated rings. The first-order valence-corrected chi connectivity index (χ1v) is 13.3. The molecule has 0 aliphatic heterocycles. The van der Waals surface area contributed by atoms with Crippen LogP contribution in [0.15, 0.2) is 60.0 Å². The zero-order valence-corrected chi connectivity index (χ0v) is 22.0. The van der Waals surface area contributed by atoms with Gasteiger partial charge in [0.1, 0.15) is 5.69 Å². The molecule has 0 bridgehead atoms. The van der Waals surface area contributed by atoms with Gasteiger partial charge in [0.15, 0.2) is 11.5 Å². The van der Waals surface area contributed by atoms with E-state index in [0.29, 0.717) is 40.5 Å². The second-order valence-electron chi connectivity index (χ2n) is 9.76. The molecule has 0 unspecified atom stereocenters. The zero-order chi connectivity index (χ0) is 27.7. The van der Waals surface area contributed by atoms with Gasteiger partial charge < -0.3 is 25.5 Å². The number of aromatic amines is 2. The number of para-hydroxylation sites is 2. The smallest absolute Gasteiger partial charge is 0.268 e. The van der Waals surface area contributed by atoms with Crippen molar-refractivity contribution in [3.05, 3.63) is 82.6 Å². The van der Waals surface area contributed by atoms with Crippen LogP contribution in [0.5, 0.6) is 0 Å². The molecule has 8 nitrogen and oxygen atoms in total. The molecule has 8 heteroatoms. The Kier molecular flexibility index (Phi) is 7.11. The molecule has 2 heterocycles. The van der Waals surface area contributed by atoms with Gasteiger partial charge in [0.05, 0.1) is 11.1 Å². The number of rotatable bonds is 9. The summed E-state index contributed by atoms with van der Waals surface area (Å²) in [5, 5.41) is 26.6. The minimum absolute atomic E-state index is 0.0435. The van der Waals surface area contributed by atoms with Crippen molar-refractivity contribution in [2.24, 2.45) is 0 Å². The Morgan fingerprint density at radius 1 is 0.769 bits per heavy atom. The molecular formula is C31H31N3O5. The first kappa shape index (κ1) is 26.0. The summed E-state index contributed by atoms with van der Waals surface area (Å²) in [5.41, 5.74) is 1.94. The lowest BCUT2D eigenvalue weighted by Crippen LogP contribution is -2.28. The maximum Gasteiger partial charge on any atom is 0.268 e. The summed E-state index contributed by atoms with van der Waals surface area (Å²) in [4.78, 5) is 47.1. The second-order valence-corrected chi connectivity index (χ2v) is 9.76. The first-order valence-electron chi connectivity index (χ1n) is 13.3. The molecule has 2 aromatic heterocycles. The van der Waals surface area contributed by atoms with Gasteiger partial charge in [-0.15, -0.1) is 0 Å². The summed E-state index contributed by atoms with van der Waals surface area (Å²) in [7, 11) is 0. The normalized spacial score (nSPS) is 14.2. The van der Waals surface area contributed by atoms with Crippen LogP contribution in [0.4, 0.5) is 0 Å². The van der Waals surface area contributed by atoms with E-state index in [-0.39, 0.29) is 16.8 Å².